The van der Waals surface area contributed by atoms with Crippen molar-refractivity contribution < 1.29 is 42.9 Å². The Morgan fingerprint density at radius 3 is 1.91 bits per heavy atom. The molecule has 0 N–H and O–H groups in total. The molecule has 0 bridgehead atoms. The van der Waals surface area contributed by atoms with E-state index in [-0.39, 0.29) is 32.6 Å². The van der Waals surface area contributed by atoms with Gasteiger partial charge in [0.1, 0.15) is 18.8 Å². The lowest BCUT2D eigenvalue weighted by Crippen LogP contribution is -2.56. The molecule has 45 heavy (non-hydrogen) atoms. The molecule has 13 heteroatoms. The molecule has 0 amide bonds. The smallest absolute Gasteiger partial charge is 0.345 e. The SMILES string of the molecule is COC(=O)C1=C(C(=O)OC)SC2(S1)C(C(=O)OC)=C(C(=O)OC)SC1=C2c2cccc(C)c2N2CC(=O)c3ccccc3C12C. The fourth-order valence-corrected chi connectivity index (χ4v) is 11.5. The van der Waals surface area contributed by atoms with Crippen molar-refractivity contribution in [2.45, 2.75) is 23.5 Å². The lowest BCUT2D eigenvalue weighted by molar-refractivity contribution is -0.138. The molecule has 0 fully saturated rings. The first-order valence-corrected chi connectivity index (χ1v) is 16.1. The van der Waals surface area contributed by atoms with E-state index in [2.05, 4.69) is 0 Å². The molecule has 0 aromatic heterocycles. The van der Waals surface area contributed by atoms with Gasteiger partial charge in [0.05, 0.1) is 46.1 Å². The van der Waals surface area contributed by atoms with E-state index in [0.717, 1.165) is 46.5 Å². The van der Waals surface area contributed by atoms with Crippen LogP contribution in [0, 0.1) is 6.92 Å². The molecule has 1 atom stereocenters. The average Bonchev–Trinajstić information content (AvgIpc) is 3.44. The Kier molecular flexibility index (Phi) is 7.69. The summed E-state index contributed by atoms with van der Waals surface area (Å²) in [7, 11) is 4.77. The van der Waals surface area contributed by atoms with Gasteiger partial charge in [-0.1, -0.05) is 77.8 Å². The zero-order valence-corrected chi connectivity index (χ0v) is 27.5. The van der Waals surface area contributed by atoms with Crippen molar-refractivity contribution in [2.75, 3.05) is 39.9 Å². The number of hydrogen-bond donors (Lipinski definition) is 0. The number of para-hydroxylation sites is 1. The second-order valence-electron chi connectivity index (χ2n) is 10.6. The molecule has 1 spiro atoms. The molecule has 232 valence electrons. The number of hydrogen-bond acceptors (Lipinski definition) is 13. The van der Waals surface area contributed by atoms with E-state index in [9.17, 15) is 24.0 Å². The predicted octanol–water partition coefficient (Wildman–Crippen LogP) is 4.72. The molecule has 10 nitrogen and oxygen atoms in total. The van der Waals surface area contributed by atoms with E-state index in [4.69, 9.17) is 18.9 Å². The summed E-state index contributed by atoms with van der Waals surface area (Å²) in [5, 5.41) is 0. The van der Waals surface area contributed by atoms with Gasteiger partial charge in [-0.05, 0) is 25.0 Å². The summed E-state index contributed by atoms with van der Waals surface area (Å²) in [6, 6.07) is 13.0. The van der Waals surface area contributed by atoms with Crippen LogP contribution < -0.4 is 4.90 Å². The van der Waals surface area contributed by atoms with Gasteiger partial charge in [0.25, 0.3) is 0 Å². The Bertz CT molecular complexity index is 1810. The van der Waals surface area contributed by atoms with Crippen molar-refractivity contribution >= 4 is 76.2 Å². The highest BCUT2D eigenvalue weighted by Gasteiger charge is 2.63. The number of nitrogens with zero attached hydrogens (tertiary/aromatic N) is 1. The van der Waals surface area contributed by atoms with Crippen LogP contribution in [0.15, 0.2) is 67.7 Å². The molecule has 0 saturated carbocycles. The number of benzene rings is 2. The molecule has 0 aliphatic carbocycles. The zero-order chi connectivity index (χ0) is 32.4. The molecule has 4 aliphatic rings. The number of ketones is 1. The zero-order valence-electron chi connectivity index (χ0n) is 25.1. The summed E-state index contributed by atoms with van der Waals surface area (Å²) >= 11 is 2.91. The Hall–Kier alpha value is -3.94. The van der Waals surface area contributed by atoms with Gasteiger partial charge in [-0.25, -0.2) is 19.2 Å². The number of ether oxygens (including phenoxy) is 4. The summed E-state index contributed by atoms with van der Waals surface area (Å²) in [4.78, 5) is 69.9. The van der Waals surface area contributed by atoms with Crippen LogP contribution in [0.3, 0.4) is 0 Å². The summed E-state index contributed by atoms with van der Waals surface area (Å²) in [6.07, 6.45) is 0. The topological polar surface area (TPSA) is 126 Å². The van der Waals surface area contributed by atoms with Crippen LogP contribution in [-0.4, -0.2) is 68.7 Å². The van der Waals surface area contributed by atoms with Gasteiger partial charge in [0.2, 0.25) is 0 Å². The van der Waals surface area contributed by atoms with Crippen molar-refractivity contribution in [3.63, 3.8) is 0 Å². The normalized spacial score (nSPS) is 21.1. The Morgan fingerprint density at radius 1 is 0.756 bits per heavy atom. The van der Waals surface area contributed by atoms with E-state index in [1.807, 2.05) is 49.1 Å². The van der Waals surface area contributed by atoms with Crippen molar-refractivity contribution in [3.05, 3.63) is 89.9 Å². The van der Waals surface area contributed by atoms with Gasteiger partial charge in [0.15, 0.2) is 5.78 Å². The highest BCUT2D eigenvalue weighted by atomic mass is 32.2. The van der Waals surface area contributed by atoms with Crippen molar-refractivity contribution in [1.29, 1.82) is 0 Å². The van der Waals surface area contributed by atoms with Crippen molar-refractivity contribution in [2.24, 2.45) is 0 Å². The fraction of sp³-hybridized carbons (Fsp3) is 0.281. The molecule has 0 radical (unpaired) electrons. The summed E-state index contributed by atoms with van der Waals surface area (Å²) in [5.74, 6) is -3.33. The summed E-state index contributed by atoms with van der Waals surface area (Å²) in [5.41, 5.74) is 2.98. The number of methoxy groups -OCH3 is 4. The number of Topliss-reactive ketones (excluding diaryl/α,β-unsaturated/α-hetero) is 1. The van der Waals surface area contributed by atoms with Crippen LogP contribution in [0.25, 0.3) is 5.57 Å². The van der Waals surface area contributed by atoms with Crippen molar-refractivity contribution in [3.8, 4) is 0 Å². The van der Waals surface area contributed by atoms with E-state index in [1.165, 1.54) is 28.4 Å². The molecular formula is C32H27NO9S3. The highest BCUT2D eigenvalue weighted by Crippen LogP contribution is 2.72. The number of carbonyl (C=O) groups excluding carboxylic acids is 5. The maximum absolute atomic E-state index is 13.9. The van der Waals surface area contributed by atoms with E-state index in [1.54, 1.807) is 12.1 Å². The Balaban J connectivity index is 1.79. The Morgan fingerprint density at radius 2 is 1.31 bits per heavy atom. The van der Waals surface area contributed by atoms with Crippen LogP contribution in [0.1, 0.15) is 34.0 Å². The van der Waals surface area contributed by atoms with Gasteiger partial charge in [-0.3, -0.25) is 4.79 Å². The van der Waals surface area contributed by atoms with Crippen LogP contribution in [0.5, 0.6) is 0 Å². The summed E-state index contributed by atoms with van der Waals surface area (Å²) < 4.78 is 19.0. The number of fused-ring (bicyclic) bond motifs is 8. The molecule has 4 heterocycles. The first-order valence-electron chi connectivity index (χ1n) is 13.6. The fourth-order valence-electron chi connectivity index (χ4n) is 6.34. The van der Waals surface area contributed by atoms with E-state index < -0.39 is 33.5 Å². The minimum Gasteiger partial charge on any atom is -0.466 e. The monoisotopic (exact) mass is 665 g/mol. The third kappa shape index (κ3) is 4.23. The van der Waals surface area contributed by atoms with Crippen molar-refractivity contribution in [1.82, 2.24) is 0 Å². The average molecular weight is 666 g/mol. The van der Waals surface area contributed by atoms with E-state index >= 15 is 0 Å². The molecule has 2 aromatic rings. The van der Waals surface area contributed by atoms with Crippen LogP contribution in [0.4, 0.5) is 5.69 Å². The number of thioether (sulfide) groups is 3. The largest absolute Gasteiger partial charge is 0.466 e. The van der Waals surface area contributed by atoms with Crippen LogP contribution in [-0.2, 0) is 43.7 Å². The van der Waals surface area contributed by atoms with Gasteiger partial charge >= 0.3 is 23.9 Å². The molecule has 4 aliphatic heterocycles. The second-order valence-corrected chi connectivity index (χ2v) is 14.3. The standard InChI is InChI=1S/C32H27NO9S3/c1-15-10-9-12-17-20-26(31(2)18-13-8-7-11-16(18)19(34)14-33(31)22(15)17)43-23(28(36)40-4)21(27(35)39-3)32(20)44-24(29(37)41-5)25(45-32)30(38)42-6/h7-13H,14H2,1-6H3. The van der Waals surface area contributed by atoms with Gasteiger partial charge in [-0.2, -0.15) is 0 Å². The molecule has 1 unspecified atom stereocenters. The number of rotatable bonds is 4. The minimum atomic E-state index is -1.61. The van der Waals surface area contributed by atoms with Gasteiger partial charge in [-0.15, -0.1) is 0 Å². The highest BCUT2D eigenvalue weighted by molar-refractivity contribution is 8.26. The first kappa shape index (κ1) is 31.1. The lowest BCUT2D eigenvalue weighted by Gasteiger charge is -2.55. The third-order valence-electron chi connectivity index (χ3n) is 8.33. The second kappa shape index (κ2) is 11.1. The van der Waals surface area contributed by atoms with E-state index in [0.29, 0.717) is 27.2 Å². The molecule has 2 aromatic carbocycles. The maximum Gasteiger partial charge on any atom is 0.345 e. The quantitative estimate of drug-likeness (QED) is 0.331. The maximum atomic E-state index is 13.9. The number of aryl methyl sites for hydroxylation is 1. The number of anilines is 1. The predicted molar refractivity (Wildman–Crippen MR) is 171 cm³/mol. The van der Waals surface area contributed by atoms with Gasteiger partial charge in [0, 0.05) is 27.3 Å². The van der Waals surface area contributed by atoms with Crippen LogP contribution in [0.2, 0.25) is 0 Å². The Labute approximate surface area is 271 Å². The summed E-state index contributed by atoms with van der Waals surface area (Å²) in [6.45, 7) is 3.96. The van der Waals surface area contributed by atoms with Gasteiger partial charge < -0.3 is 23.8 Å². The third-order valence-corrected chi connectivity index (χ3v) is 12.9. The number of esters is 4. The lowest BCUT2D eigenvalue weighted by atomic mass is 9.74. The number of carbonyl (C=O) groups is 5. The molecule has 0 saturated heterocycles. The minimum absolute atomic E-state index is 0.0518. The molecular weight excluding hydrogens is 639 g/mol. The first-order chi connectivity index (χ1) is 21.5. The molecule has 6 rings (SSSR count). The van der Waals surface area contributed by atoms with Crippen LogP contribution >= 0.6 is 35.3 Å².